The van der Waals surface area contributed by atoms with Gasteiger partial charge in [0.25, 0.3) is 0 Å². The Morgan fingerprint density at radius 3 is 2.59 bits per heavy atom. The Kier molecular flexibility index (Phi) is 7.46. The van der Waals surface area contributed by atoms with Crippen LogP contribution in [0.2, 0.25) is 0 Å². The molecule has 0 aliphatic carbocycles. The minimum absolute atomic E-state index is 0.0280. The molecule has 0 unspecified atom stereocenters. The Morgan fingerprint density at radius 1 is 1.07 bits per heavy atom. The summed E-state index contributed by atoms with van der Waals surface area (Å²) in [5.41, 5.74) is 5.75. The highest BCUT2D eigenvalue weighted by Gasteiger charge is 2.32. The van der Waals surface area contributed by atoms with Crippen LogP contribution >= 0.6 is 0 Å². The Hall–Kier alpha value is -4.79. The molecule has 44 heavy (non-hydrogen) atoms. The van der Waals surface area contributed by atoms with Gasteiger partial charge >= 0.3 is 5.97 Å². The van der Waals surface area contributed by atoms with Gasteiger partial charge in [-0.25, -0.2) is 14.2 Å². The first-order valence-corrected chi connectivity index (χ1v) is 14.6. The molecule has 1 saturated heterocycles. The van der Waals surface area contributed by atoms with E-state index in [1.165, 1.54) is 24.3 Å². The highest BCUT2D eigenvalue weighted by molar-refractivity contribution is 5.93. The predicted octanol–water partition coefficient (Wildman–Crippen LogP) is 4.09. The maximum atomic E-state index is 14.3. The van der Waals surface area contributed by atoms with Gasteiger partial charge in [0.05, 0.1) is 55.1 Å². The average Bonchev–Trinajstić information content (AvgIpc) is 3.69. The zero-order valence-electron chi connectivity index (χ0n) is 24.3. The standard InChI is InChI=1S/C33H31FN6O4/c1-42-33(41)23-7-8-28-29(10-23)40(12-22-18-43-19-22)31(36-28)17-38-13-25-15-39(16-26(25)14-38)30-3-2-4-32(37-30)44-20-24-6-5-21(11-35)9-27(24)34/h2-10,22H,12-20H2,1H3. The Bertz CT molecular complexity index is 1810. The van der Waals surface area contributed by atoms with Gasteiger partial charge in [-0.3, -0.25) is 4.90 Å². The number of benzene rings is 2. The molecule has 7 rings (SSSR count). The summed E-state index contributed by atoms with van der Waals surface area (Å²) in [6.07, 6.45) is 0. The quantitative estimate of drug-likeness (QED) is 0.209. The second-order valence-electron chi connectivity index (χ2n) is 11.5. The second-order valence-corrected chi connectivity index (χ2v) is 11.5. The van der Waals surface area contributed by atoms with E-state index in [4.69, 9.17) is 24.5 Å². The molecule has 2 aromatic heterocycles. The van der Waals surface area contributed by atoms with Crippen LogP contribution in [0.1, 0.15) is 27.3 Å². The van der Waals surface area contributed by atoms with Gasteiger partial charge in [0, 0.05) is 50.3 Å². The van der Waals surface area contributed by atoms with E-state index >= 15 is 0 Å². The number of nitrogens with zero attached hydrogens (tertiary/aromatic N) is 6. The molecule has 3 aliphatic heterocycles. The summed E-state index contributed by atoms with van der Waals surface area (Å²) in [5.74, 6) is 1.82. The zero-order valence-corrected chi connectivity index (χ0v) is 24.3. The van der Waals surface area contributed by atoms with E-state index in [0.717, 1.165) is 68.6 Å². The fraction of sp³-hybridized carbons (Fsp3) is 0.333. The van der Waals surface area contributed by atoms with Gasteiger partial charge in [-0.2, -0.15) is 10.2 Å². The first kappa shape index (κ1) is 28.0. The van der Waals surface area contributed by atoms with Crippen molar-refractivity contribution in [3.05, 3.63) is 94.1 Å². The molecule has 0 bridgehead atoms. The third-order valence-corrected chi connectivity index (χ3v) is 8.44. The molecular weight excluding hydrogens is 563 g/mol. The van der Waals surface area contributed by atoms with Crippen LogP contribution in [0.3, 0.4) is 0 Å². The molecule has 0 radical (unpaired) electrons. The van der Waals surface area contributed by atoms with E-state index in [1.54, 1.807) is 24.3 Å². The lowest BCUT2D eigenvalue weighted by Gasteiger charge is -2.28. The minimum atomic E-state index is -0.469. The minimum Gasteiger partial charge on any atom is -0.473 e. The van der Waals surface area contributed by atoms with Crippen molar-refractivity contribution in [1.29, 1.82) is 5.26 Å². The van der Waals surface area contributed by atoms with E-state index in [2.05, 4.69) is 19.4 Å². The van der Waals surface area contributed by atoms with Crippen LogP contribution in [-0.2, 0) is 29.2 Å². The van der Waals surface area contributed by atoms with Gasteiger partial charge < -0.3 is 23.7 Å². The number of imidazole rings is 1. The molecule has 3 aliphatic rings. The number of hydrogen-bond donors (Lipinski definition) is 0. The normalized spacial score (nSPS) is 16.7. The number of hydrogen-bond acceptors (Lipinski definition) is 9. The Labute approximate surface area is 253 Å². The molecule has 0 spiro atoms. The van der Waals surface area contributed by atoms with E-state index in [0.29, 0.717) is 29.5 Å². The number of anilines is 1. The number of halogens is 1. The third-order valence-electron chi connectivity index (χ3n) is 8.44. The lowest BCUT2D eigenvalue weighted by atomic mass is 10.1. The number of ether oxygens (including phenoxy) is 3. The van der Waals surface area contributed by atoms with E-state index in [1.807, 2.05) is 30.3 Å². The Balaban J connectivity index is 1.00. The molecule has 0 saturated carbocycles. The first-order valence-electron chi connectivity index (χ1n) is 14.6. The molecule has 0 amide bonds. The maximum Gasteiger partial charge on any atom is 0.337 e. The highest BCUT2D eigenvalue weighted by Crippen LogP contribution is 2.31. The number of carbonyl (C=O) groups is 1. The Morgan fingerprint density at radius 2 is 1.89 bits per heavy atom. The van der Waals surface area contributed by atoms with Crippen LogP contribution in [0.15, 0.2) is 65.7 Å². The summed E-state index contributed by atoms with van der Waals surface area (Å²) < 4.78 is 32.7. The number of nitriles is 1. The maximum absolute atomic E-state index is 14.3. The number of aromatic nitrogens is 3. The SMILES string of the molecule is COC(=O)c1ccc2nc(CN3CC4=C(C3)CN(c3cccc(OCc5ccc(C#N)cc5F)n3)C4)n(CC3COC3)c2c1. The number of carbonyl (C=O) groups excluding carboxylic acids is 1. The molecule has 0 N–H and O–H groups in total. The summed E-state index contributed by atoms with van der Waals surface area (Å²) >= 11 is 0. The van der Waals surface area contributed by atoms with Crippen molar-refractivity contribution in [2.75, 3.05) is 51.4 Å². The summed E-state index contributed by atoms with van der Waals surface area (Å²) in [4.78, 5) is 26.5. The van der Waals surface area contributed by atoms with Crippen LogP contribution in [0.4, 0.5) is 10.2 Å². The molecule has 0 atom stereocenters. The van der Waals surface area contributed by atoms with Crippen molar-refractivity contribution in [2.45, 2.75) is 19.7 Å². The second kappa shape index (κ2) is 11.7. The molecule has 224 valence electrons. The molecule has 1 fully saturated rings. The van der Waals surface area contributed by atoms with Gasteiger partial charge in [-0.15, -0.1) is 0 Å². The number of pyridine rings is 1. The summed E-state index contributed by atoms with van der Waals surface area (Å²) in [6.45, 7) is 6.27. The highest BCUT2D eigenvalue weighted by atomic mass is 19.1. The van der Waals surface area contributed by atoms with Crippen LogP contribution in [0, 0.1) is 23.1 Å². The van der Waals surface area contributed by atoms with E-state index in [9.17, 15) is 9.18 Å². The number of rotatable bonds is 9. The van der Waals surface area contributed by atoms with Crippen molar-refractivity contribution in [2.24, 2.45) is 5.92 Å². The van der Waals surface area contributed by atoms with Gasteiger partial charge in [0.15, 0.2) is 0 Å². The van der Waals surface area contributed by atoms with Gasteiger partial charge in [0.1, 0.15) is 24.1 Å². The van der Waals surface area contributed by atoms with Crippen LogP contribution in [-0.4, -0.2) is 71.9 Å². The van der Waals surface area contributed by atoms with Crippen LogP contribution in [0.25, 0.3) is 11.0 Å². The number of fused-ring (bicyclic) bond motifs is 1. The van der Waals surface area contributed by atoms with Crippen molar-refractivity contribution in [1.82, 2.24) is 19.4 Å². The molecule has 10 nitrogen and oxygen atoms in total. The topological polar surface area (TPSA) is 106 Å². The molecule has 5 heterocycles. The van der Waals surface area contributed by atoms with E-state index < -0.39 is 5.82 Å². The monoisotopic (exact) mass is 594 g/mol. The van der Waals surface area contributed by atoms with Gasteiger partial charge in [-0.1, -0.05) is 12.1 Å². The molecule has 2 aromatic carbocycles. The number of esters is 1. The molecule has 11 heteroatoms. The summed E-state index contributed by atoms with van der Waals surface area (Å²) in [6, 6.07) is 17.4. The van der Waals surface area contributed by atoms with Crippen molar-refractivity contribution in [3.63, 3.8) is 0 Å². The molecular formula is C33H31FN6O4. The smallest absolute Gasteiger partial charge is 0.337 e. The first-order chi connectivity index (χ1) is 21.5. The average molecular weight is 595 g/mol. The van der Waals surface area contributed by atoms with Crippen LogP contribution < -0.4 is 9.64 Å². The van der Waals surface area contributed by atoms with E-state index in [-0.39, 0.29) is 18.1 Å². The lowest BCUT2D eigenvalue weighted by Crippen LogP contribution is -2.33. The van der Waals surface area contributed by atoms with Crippen molar-refractivity contribution >= 4 is 22.8 Å². The van der Waals surface area contributed by atoms with Gasteiger partial charge in [0.2, 0.25) is 5.88 Å². The summed E-state index contributed by atoms with van der Waals surface area (Å²) in [7, 11) is 1.39. The predicted molar refractivity (Wildman–Crippen MR) is 160 cm³/mol. The summed E-state index contributed by atoms with van der Waals surface area (Å²) in [5, 5.41) is 8.95. The zero-order chi connectivity index (χ0) is 30.2. The largest absolute Gasteiger partial charge is 0.473 e. The molecule has 4 aromatic rings. The third kappa shape index (κ3) is 5.50. The lowest BCUT2D eigenvalue weighted by molar-refractivity contribution is -0.0393. The number of methoxy groups -OCH3 is 1. The van der Waals surface area contributed by atoms with Crippen molar-refractivity contribution in [3.8, 4) is 11.9 Å². The fourth-order valence-corrected chi connectivity index (χ4v) is 6.07. The van der Waals surface area contributed by atoms with Crippen molar-refractivity contribution < 1.29 is 23.4 Å². The van der Waals surface area contributed by atoms with Crippen LogP contribution in [0.5, 0.6) is 5.88 Å². The fourth-order valence-electron chi connectivity index (χ4n) is 6.07. The van der Waals surface area contributed by atoms with Gasteiger partial charge in [-0.05, 0) is 47.5 Å².